The average molecular weight is 438 g/mol. The van der Waals surface area contributed by atoms with E-state index in [1.807, 2.05) is 0 Å². The Bertz CT molecular complexity index is 963. The van der Waals surface area contributed by atoms with Gasteiger partial charge in [-0.1, -0.05) is 53.1 Å². The lowest BCUT2D eigenvalue weighted by Gasteiger charge is -2.34. The molecule has 6 heteroatoms. The molecule has 2 unspecified atom stereocenters. The lowest BCUT2D eigenvalue weighted by atomic mass is 9.71. The molecule has 0 amide bonds. The van der Waals surface area contributed by atoms with E-state index in [0.29, 0.717) is 34.0 Å². The third-order valence-electron chi connectivity index (χ3n) is 6.13. The van der Waals surface area contributed by atoms with E-state index in [1.54, 1.807) is 29.3 Å². The zero-order valence-electron chi connectivity index (χ0n) is 15.8. The number of hydrogen-bond acceptors (Lipinski definition) is 2. The van der Waals surface area contributed by atoms with Gasteiger partial charge in [0, 0.05) is 6.54 Å². The predicted octanol–water partition coefficient (Wildman–Crippen LogP) is 5.81. The zero-order chi connectivity index (χ0) is 19.7. The van der Waals surface area contributed by atoms with Crippen molar-refractivity contribution in [3.63, 3.8) is 0 Å². The van der Waals surface area contributed by atoms with Crippen molar-refractivity contribution in [1.82, 2.24) is 4.72 Å². The van der Waals surface area contributed by atoms with Gasteiger partial charge < -0.3 is 0 Å². The van der Waals surface area contributed by atoms with Crippen LogP contribution in [0.5, 0.6) is 0 Å². The molecule has 3 nitrogen and oxygen atoms in total. The Morgan fingerprint density at radius 1 is 1.18 bits per heavy atom. The van der Waals surface area contributed by atoms with Crippen molar-refractivity contribution in [2.24, 2.45) is 11.8 Å². The maximum atomic E-state index is 12.5. The molecule has 1 fully saturated rings. The van der Waals surface area contributed by atoms with E-state index < -0.39 is 10.0 Å². The minimum Gasteiger partial charge on any atom is -0.215 e. The van der Waals surface area contributed by atoms with Crippen LogP contribution in [0, 0.1) is 11.8 Å². The summed E-state index contributed by atoms with van der Waals surface area (Å²) in [5.74, 6) is 1.06. The Kier molecular flexibility index (Phi) is 6.03. The number of nitrogens with one attached hydrogen (secondary N) is 1. The summed E-state index contributed by atoms with van der Waals surface area (Å²) >= 11 is 11.9. The number of halogens is 2. The molecule has 0 bridgehead atoms. The summed E-state index contributed by atoms with van der Waals surface area (Å²) in [4.78, 5) is 0. The van der Waals surface area contributed by atoms with E-state index >= 15 is 0 Å². The van der Waals surface area contributed by atoms with Crippen LogP contribution in [0.25, 0.3) is 0 Å². The monoisotopic (exact) mass is 437 g/mol. The molecule has 150 valence electrons. The molecular weight excluding hydrogens is 413 g/mol. The summed E-state index contributed by atoms with van der Waals surface area (Å²) in [5, 5.41) is 0.804. The third-order valence-corrected chi connectivity index (χ3v) is 8.22. The average Bonchev–Trinajstić information content (AvgIpc) is 3.13. The maximum absolute atomic E-state index is 12.5. The lowest BCUT2D eigenvalue weighted by Crippen LogP contribution is -2.29. The van der Waals surface area contributed by atoms with Crippen LogP contribution in [0.4, 0.5) is 0 Å². The van der Waals surface area contributed by atoms with Gasteiger partial charge in [0.15, 0.2) is 0 Å². The van der Waals surface area contributed by atoms with Crippen molar-refractivity contribution in [3.05, 3.63) is 68.8 Å². The molecule has 2 atom stereocenters. The minimum atomic E-state index is -3.41. The number of hydrogen-bond donors (Lipinski definition) is 1. The highest BCUT2D eigenvalue weighted by Gasteiger charge is 2.34. The molecule has 3 aliphatic rings. The molecule has 1 N–H and O–H groups in total. The van der Waals surface area contributed by atoms with Crippen LogP contribution < -0.4 is 4.72 Å². The molecule has 0 aromatic heterocycles. The van der Waals surface area contributed by atoms with Gasteiger partial charge in [-0.05, 0) is 79.2 Å². The highest BCUT2D eigenvalue weighted by Crippen LogP contribution is 2.49. The normalized spacial score (nSPS) is 24.1. The van der Waals surface area contributed by atoms with Crippen molar-refractivity contribution in [2.75, 3.05) is 6.54 Å². The largest absolute Gasteiger partial charge is 0.215 e. The number of sulfonamides is 1. The van der Waals surface area contributed by atoms with Crippen LogP contribution in [0.3, 0.4) is 0 Å². The van der Waals surface area contributed by atoms with Gasteiger partial charge in [-0.25, -0.2) is 13.1 Å². The van der Waals surface area contributed by atoms with E-state index in [9.17, 15) is 8.42 Å². The number of allylic oxidation sites excluding steroid dienone is 6. The molecule has 3 aliphatic carbocycles. The van der Waals surface area contributed by atoms with E-state index in [1.165, 1.54) is 24.8 Å². The summed E-state index contributed by atoms with van der Waals surface area (Å²) in [6.45, 7) is 0.463. The number of benzene rings is 1. The van der Waals surface area contributed by atoms with Crippen LogP contribution in [0.2, 0.25) is 10.0 Å². The molecule has 0 aliphatic heterocycles. The van der Waals surface area contributed by atoms with Crippen LogP contribution in [0.1, 0.15) is 44.1 Å². The SMILES string of the molecule is O=S(=O)(Cc1ccc(Cl)c(Cl)c1)NCCC1CC2CCCC2=C2CC=CC=C21. The van der Waals surface area contributed by atoms with Crippen molar-refractivity contribution < 1.29 is 8.42 Å². The molecule has 1 aromatic carbocycles. The quantitative estimate of drug-likeness (QED) is 0.610. The molecule has 0 radical (unpaired) electrons. The minimum absolute atomic E-state index is 0.0854. The highest BCUT2D eigenvalue weighted by atomic mass is 35.5. The molecule has 0 spiro atoms. The second-order valence-corrected chi connectivity index (χ2v) is 10.6. The maximum Gasteiger partial charge on any atom is 0.215 e. The van der Waals surface area contributed by atoms with Crippen LogP contribution in [-0.2, 0) is 15.8 Å². The van der Waals surface area contributed by atoms with Crippen LogP contribution >= 0.6 is 23.2 Å². The Morgan fingerprint density at radius 3 is 2.86 bits per heavy atom. The molecule has 4 rings (SSSR count). The van der Waals surface area contributed by atoms with Gasteiger partial charge >= 0.3 is 0 Å². The van der Waals surface area contributed by atoms with Crippen molar-refractivity contribution in [1.29, 1.82) is 0 Å². The fraction of sp³-hybridized carbons (Fsp3) is 0.455. The van der Waals surface area contributed by atoms with Gasteiger partial charge in [0.1, 0.15) is 0 Å². The highest BCUT2D eigenvalue weighted by molar-refractivity contribution is 7.88. The summed E-state index contributed by atoms with van der Waals surface area (Å²) in [5.41, 5.74) is 5.30. The second-order valence-electron chi connectivity index (χ2n) is 7.97. The number of fused-ring (bicyclic) bond motifs is 2. The molecule has 0 heterocycles. The smallest absolute Gasteiger partial charge is 0.215 e. The van der Waals surface area contributed by atoms with Gasteiger partial charge in [-0.3, -0.25) is 0 Å². The van der Waals surface area contributed by atoms with Crippen LogP contribution in [0.15, 0.2) is 53.1 Å². The Labute approximate surface area is 177 Å². The first-order chi connectivity index (χ1) is 13.4. The van der Waals surface area contributed by atoms with Crippen molar-refractivity contribution >= 4 is 33.2 Å². The fourth-order valence-electron chi connectivity index (χ4n) is 4.88. The van der Waals surface area contributed by atoms with E-state index in [0.717, 1.165) is 19.3 Å². The van der Waals surface area contributed by atoms with Crippen molar-refractivity contribution in [3.8, 4) is 0 Å². The van der Waals surface area contributed by atoms with E-state index in [2.05, 4.69) is 23.0 Å². The standard InChI is InChI=1S/C22H25Cl2NO2S/c23-21-9-8-15(12-22(21)24)14-28(26,27)25-11-10-17-13-16-4-3-7-19(16)20-6-2-1-5-18(17)20/h1-2,5,8-9,12,16-17,25H,3-4,6-7,10-11,13-14H2. The topological polar surface area (TPSA) is 46.2 Å². The first-order valence-corrected chi connectivity index (χ1v) is 12.3. The van der Waals surface area contributed by atoms with Gasteiger partial charge in [-0.15, -0.1) is 0 Å². The molecule has 1 saturated carbocycles. The van der Waals surface area contributed by atoms with E-state index in [-0.39, 0.29) is 5.75 Å². The summed E-state index contributed by atoms with van der Waals surface area (Å²) in [6.07, 6.45) is 13.5. The van der Waals surface area contributed by atoms with E-state index in [4.69, 9.17) is 23.2 Å². The molecule has 1 aromatic rings. The predicted molar refractivity (Wildman–Crippen MR) is 116 cm³/mol. The Hall–Kier alpha value is -1.07. The summed E-state index contributed by atoms with van der Waals surface area (Å²) < 4.78 is 27.7. The molecule has 28 heavy (non-hydrogen) atoms. The molecule has 0 saturated heterocycles. The van der Waals surface area contributed by atoms with Crippen LogP contribution in [-0.4, -0.2) is 15.0 Å². The van der Waals surface area contributed by atoms with Gasteiger partial charge in [-0.2, -0.15) is 0 Å². The Balaban J connectivity index is 1.38. The lowest BCUT2D eigenvalue weighted by molar-refractivity contribution is 0.413. The first kappa shape index (κ1) is 20.2. The fourth-order valence-corrected chi connectivity index (χ4v) is 6.35. The second kappa shape index (κ2) is 8.35. The zero-order valence-corrected chi connectivity index (χ0v) is 18.1. The summed E-state index contributed by atoms with van der Waals surface area (Å²) in [6, 6.07) is 4.95. The summed E-state index contributed by atoms with van der Waals surface area (Å²) in [7, 11) is -3.41. The van der Waals surface area contributed by atoms with Gasteiger partial charge in [0.05, 0.1) is 15.8 Å². The van der Waals surface area contributed by atoms with Gasteiger partial charge in [0.2, 0.25) is 10.0 Å². The third kappa shape index (κ3) is 4.40. The Morgan fingerprint density at radius 2 is 2.04 bits per heavy atom. The van der Waals surface area contributed by atoms with Gasteiger partial charge in [0.25, 0.3) is 0 Å². The molecular formula is C22H25Cl2NO2S. The van der Waals surface area contributed by atoms with Crippen molar-refractivity contribution in [2.45, 2.75) is 44.3 Å². The first-order valence-electron chi connectivity index (χ1n) is 9.93. The number of rotatable bonds is 6.